The molecule has 1 N–H and O–H groups in total. The van der Waals surface area contributed by atoms with E-state index in [1.807, 2.05) is 0 Å². The third-order valence-corrected chi connectivity index (χ3v) is 9.08. The van der Waals surface area contributed by atoms with Crippen LogP contribution in [0.25, 0.3) is 21.5 Å². The lowest BCUT2D eigenvalue weighted by molar-refractivity contribution is -0.154. The minimum atomic E-state index is -1.07. The molecule has 6 rings (SSSR count). The number of esters is 1. The first-order valence-corrected chi connectivity index (χ1v) is 18.3. The van der Waals surface area contributed by atoms with Crippen LogP contribution in [0.3, 0.4) is 0 Å². The Kier molecular flexibility index (Phi) is 13.4. The molecule has 0 aliphatic carbocycles. The van der Waals surface area contributed by atoms with E-state index in [9.17, 15) is 28.8 Å². The summed E-state index contributed by atoms with van der Waals surface area (Å²) in [6.07, 6.45) is -0.448. The first kappa shape index (κ1) is 41.0. The first-order valence-electron chi connectivity index (χ1n) is 17.5. The molecule has 18 heteroatoms. The number of carbonyl (C=O) groups excluding carboxylic acids is 3. The Labute approximate surface area is 323 Å². The van der Waals surface area contributed by atoms with Gasteiger partial charge in [-0.1, -0.05) is 22.0 Å². The maximum Gasteiger partial charge on any atom is 0.312 e. The number of hydrogen-bond acceptors (Lipinski definition) is 12. The largest absolute Gasteiger partial charge is 0.497 e. The zero-order valence-electron chi connectivity index (χ0n) is 31.0. The second-order valence-electron chi connectivity index (χ2n) is 13.7. The average Bonchev–Trinajstić information content (AvgIpc) is 3.15. The maximum atomic E-state index is 12.9. The van der Waals surface area contributed by atoms with Crippen LogP contribution in [0, 0.1) is 0 Å². The SMILES string of the molecule is CC(C)(C)OC(=O)Cc1nn(CC(=O)N2CCOCC2)c(=O)c2cc(Br)ccc12.COc1ccc2c(CC(=O)O)nn(CC(=O)N3CCOCC3)c(=O)c2c1. The number of carboxylic acids is 1. The van der Waals surface area contributed by atoms with E-state index < -0.39 is 23.1 Å². The average molecular weight is 828 g/mol. The normalized spacial score (nSPS) is 14.6. The molecular weight excluding hydrogens is 784 g/mol. The number of methoxy groups -OCH3 is 1. The summed E-state index contributed by atoms with van der Waals surface area (Å²) in [6, 6.07) is 9.97. The number of aliphatic carboxylic acids is 1. The van der Waals surface area contributed by atoms with Gasteiger partial charge in [0, 0.05) is 41.4 Å². The zero-order valence-corrected chi connectivity index (χ0v) is 32.6. The van der Waals surface area contributed by atoms with Crippen LogP contribution in [0.4, 0.5) is 0 Å². The molecule has 4 heterocycles. The highest BCUT2D eigenvalue weighted by atomic mass is 79.9. The Hall–Kier alpha value is -5.20. The lowest BCUT2D eigenvalue weighted by Gasteiger charge is -2.27. The van der Waals surface area contributed by atoms with Crippen LogP contribution in [-0.4, -0.2) is 124 Å². The van der Waals surface area contributed by atoms with Gasteiger partial charge in [0.2, 0.25) is 11.8 Å². The number of morpholine rings is 2. The Balaban J connectivity index is 0.000000212. The van der Waals surface area contributed by atoms with E-state index in [2.05, 4.69) is 26.1 Å². The molecule has 2 aromatic heterocycles. The number of ether oxygens (including phenoxy) is 4. The van der Waals surface area contributed by atoms with Gasteiger partial charge in [0.05, 0.1) is 68.5 Å². The quantitative estimate of drug-likeness (QED) is 0.240. The molecule has 2 saturated heterocycles. The molecule has 0 atom stereocenters. The van der Waals surface area contributed by atoms with Gasteiger partial charge < -0.3 is 33.9 Å². The highest BCUT2D eigenvalue weighted by Gasteiger charge is 2.23. The fourth-order valence-corrected chi connectivity index (χ4v) is 6.37. The zero-order chi connectivity index (χ0) is 39.9. The van der Waals surface area contributed by atoms with E-state index in [4.69, 9.17) is 24.1 Å². The Morgan fingerprint density at radius 2 is 1.22 bits per heavy atom. The van der Waals surface area contributed by atoms with Gasteiger partial charge in [-0.05, 0) is 51.1 Å². The van der Waals surface area contributed by atoms with Gasteiger partial charge in [-0.25, -0.2) is 9.36 Å². The molecule has 55 heavy (non-hydrogen) atoms. The van der Waals surface area contributed by atoms with E-state index in [0.717, 1.165) is 13.8 Å². The van der Waals surface area contributed by atoms with Crippen molar-refractivity contribution in [2.75, 3.05) is 59.7 Å². The van der Waals surface area contributed by atoms with Gasteiger partial charge in [-0.2, -0.15) is 10.2 Å². The van der Waals surface area contributed by atoms with E-state index >= 15 is 0 Å². The summed E-state index contributed by atoms with van der Waals surface area (Å²) >= 11 is 3.37. The monoisotopic (exact) mass is 826 g/mol. The summed E-state index contributed by atoms with van der Waals surface area (Å²) in [5, 5.41) is 19.3. The molecule has 294 valence electrons. The number of hydrogen-bond donors (Lipinski definition) is 1. The van der Waals surface area contributed by atoms with Crippen LogP contribution < -0.4 is 15.9 Å². The Bertz CT molecular complexity index is 2200. The number of carboxylic acid groups (broad SMARTS) is 1. The number of benzene rings is 2. The van der Waals surface area contributed by atoms with Crippen LogP contribution in [0.1, 0.15) is 32.2 Å². The summed E-state index contributed by atoms with van der Waals surface area (Å²) in [5.74, 6) is -1.52. The van der Waals surface area contributed by atoms with Crippen molar-refractivity contribution in [2.24, 2.45) is 0 Å². The predicted molar refractivity (Wildman–Crippen MR) is 202 cm³/mol. The number of carbonyl (C=O) groups is 4. The van der Waals surface area contributed by atoms with Crippen molar-refractivity contribution in [1.82, 2.24) is 29.4 Å². The van der Waals surface area contributed by atoms with E-state index in [1.165, 1.54) is 13.2 Å². The van der Waals surface area contributed by atoms with Crippen LogP contribution in [0.5, 0.6) is 5.75 Å². The number of aromatic nitrogens is 4. The Morgan fingerprint density at radius 1 is 0.745 bits per heavy atom. The van der Waals surface area contributed by atoms with Crippen molar-refractivity contribution >= 4 is 61.2 Å². The second kappa shape index (κ2) is 18.0. The van der Waals surface area contributed by atoms with Gasteiger partial charge >= 0.3 is 11.9 Å². The molecule has 2 fully saturated rings. The number of halogens is 1. The van der Waals surface area contributed by atoms with Crippen molar-refractivity contribution in [3.8, 4) is 5.75 Å². The van der Waals surface area contributed by atoms with Crippen molar-refractivity contribution < 1.29 is 43.2 Å². The summed E-state index contributed by atoms with van der Waals surface area (Å²) in [7, 11) is 1.47. The molecule has 0 radical (unpaired) electrons. The molecule has 0 saturated carbocycles. The van der Waals surface area contributed by atoms with Crippen molar-refractivity contribution in [3.63, 3.8) is 0 Å². The molecule has 2 aromatic carbocycles. The van der Waals surface area contributed by atoms with Gasteiger partial charge in [-0.3, -0.25) is 28.8 Å². The van der Waals surface area contributed by atoms with Crippen LogP contribution in [0.2, 0.25) is 0 Å². The van der Waals surface area contributed by atoms with Crippen LogP contribution in [-0.2, 0) is 59.3 Å². The lowest BCUT2D eigenvalue weighted by atomic mass is 10.1. The van der Waals surface area contributed by atoms with Crippen molar-refractivity contribution in [1.29, 1.82) is 0 Å². The third kappa shape index (κ3) is 10.7. The fraction of sp³-hybridized carbons (Fsp3) is 0.459. The maximum absolute atomic E-state index is 12.9. The summed E-state index contributed by atoms with van der Waals surface area (Å²) in [5.41, 5.74) is -0.845. The molecule has 2 aliphatic heterocycles. The van der Waals surface area contributed by atoms with E-state index in [-0.39, 0.29) is 54.4 Å². The molecule has 0 unspecified atom stereocenters. The molecule has 0 bridgehead atoms. The molecule has 2 aliphatic rings. The highest BCUT2D eigenvalue weighted by molar-refractivity contribution is 9.10. The van der Waals surface area contributed by atoms with E-state index in [1.54, 1.807) is 60.9 Å². The molecular formula is C37H43BrN6O11. The van der Waals surface area contributed by atoms with Gasteiger partial charge in [0.25, 0.3) is 11.1 Å². The van der Waals surface area contributed by atoms with E-state index in [0.29, 0.717) is 80.2 Å². The second-order valence-corrected chi connectivity index (χ2v) is 14.7. The van der Waals surface area contributed by atoms with Gasteiger partial charge in [-0.15, -0.1) is 0 Å². The lowest BCUT2D eigenvalue weighted by Crippen LogP contribution is -2.44. The molecule has 4 aromatic rings. The number of fused-ring (bicyclic) bond motifs is 2. The standard InChI is InChI=1S/C20H24BrN3O5.C17H19N3O6/c1-20(2,3)29-18(26)11-16-14-5-4-13(21)10-15(14)19(27)24(22-16)12-17(25)23-6-8-28-9-7-23;1-25-11-2-3-12-13(8-11)17(24)20(18-14(12)9-16(22)23)10-15(21)19-4-6-26-7-5-19/h4-5,10H,6-9,11-12H2,1-3H3;2-3,8H,4-7,9-10H2,1H3,(H,22,23). The minimum Gasteiger partial charge on any atom is -0.497 e. The topological polar surface area (TPSA) is 202 Å². The van der Waals surface area contributed by atoms with Gasteiger partial charge in [0.15, 0.2) is 0 Å². The van der Waals surface area contributed by atoms with Crippen molar-refractivity contribution in [2.45, 2.75) is 52.3 Å². The summed E-state index contributed by atoms with van der Waals surface area (Å²) in [6.45, 7) is 8.65. The minimum absolute atomic E-state index is 0.0958. The number of rotatable bonds is 9. The summed E-state index contributed by atoms with van der Waals surface area (Å²) < 4.78 is 23.9. The van der Waals surface area contributed by atoms with Gasteiger partial charge in [0.1, 0.15) is 24.4 Å². The fourth-order valence-electron chi connectivity index (χ4n) is 6.01. The van der Waals surface area contributed by atoms with Crippen molar-refractivity contribution in [3.05, 3.63) is 73.0 Å². The summed E-state index contributed by atoms with van der Waals surface area (Å²) in [4.78, 5) is 77.5. The number of amides is 2. The Morgan fingerprint density at radius 3 is 1.69 bits per heavy atom. The number of nitrogens with zero attached hydrogens (tertiary/aromatic N) is 6. The van der Waals surface area contributed by atoms with Crippen LogP contribution in [0.15, 0.2) is 50.5 Å². The smallest absolute Gasteiger partial charge is 0.312 e. The highest BCUT2D eigenvalue weighted by Crippen LogP contribution is 2.22. The predicted octanol–water partition coefficient (Wildman–Crippen LogP) is 1.79. The van der Waals surface area contributed by atoms with Crippen LogP contribution >= 0.6 is 15.9 Å². The first-order chi connectivity index (χ1) is 26.1. The molecule has 2 amide bonds. The molecule has 0 spiro atoms. The third-order valence-electron chi connectivity index (χ3n) is 8.59. The molecule has 17 nitrogen and oxygen atoms in total.